The van der Waals surface area contributed by atoms with Crippen molar-refractivity contribution in [3.8, 4) is 28.6 Å². The molecule has 0 aliphatic carbocycles. The summed E-state index contributed by atoms with van der Waals surface area (Å²) in [6, 6.07) is 18.6. The van der Waals surface area contributed by atoms with Gasteiger partial charge < -0.3 is 19.7 Å². The number of alkyl halides is 3. The maximum Gasteiger partial charge on any atom is 0.573 e. The van der Waals surface area contributed by atoms with Crippen molar-refractivity contribution >= 4 is 28.6 Å². The summed E-state index contributed by atoms with van der Waals surface area (Å²) in [6.07, 6.45) is -2.66. The van der Waals surface area contributed by atoms with E-state index in [1.807, 2.05) is 49.4 Å². The number of aromatic nitrogens is 3. The Labute approximate surface area is 250 Å². The monoisotopic (exact) mass is 610 g/mol. The van der Waals surface area contributed by atoms with Crippen LogP contribution in [0.25, 0.3) is 17.1 Å². The smallest absolute Gasteiger partial charge is 0.497 e. The molecule has 1 N–H and O–H groups in total. The highest BCUT2D eigenvalue weighted by Gasteiger charge is 2.31. The summed E-state index contributed by atoms with van der Waals surface area (Å²) in [5, 5.41) is 7.97. The van der Waals surface area contributed by atoms with E-state index in [0.717, 1.165) is 33.9 Å². The molecule has 1 saturated heterocycles. The minimum atomic E-state index is -4.75. The molecule has 1 atom stereocenters. The summed E-state index contributed by atoms with van der Waals surface area (Å²) in [7, 11) is 1.63. The fourth-order valence-electron chi connectivity index (χ4n) is 4.56. The summed E-state index contributed by atoms with van der Waals surface area (Å²) in [6.45, 7) is 4.53. The molecule has 1 aliphatic heterocycles. The van der Waals surface area contributed by atoms with Crippen LogP contribution < -0.4 is 19.7 Å². The second-order valence-electron chi connectivity index (χ2n) is 9.81. The average Bonchev–Trinajstić information content (AvgIpc) is 3.60. The number of nitrogens with one attached hydrogen (secondary N) is 1. The molecule has 224 valence electrons. The Balaban J connectivity index is 1.15. The van der Waals surface area contributed by atoms with Crippen LogP contribution in [-0.4, -0.2) is 57.8 Å². The molecule has 4 aromatic rings. The Hall–Kier alpha value is -4.52. The fraction of sp³-hybridized carbons (Fsp3) is 0.267. The number of nitrogens with zero attached hydrogens (tertiary/aromatic N) is 5. The number of carbonyl (C=O) groups is 1. The number of ether oxygens (including phenoxy) is 2. The van der Waals surface area contributed by atoms with E-state index in [-0.39, 0.29) is 11.8 Å². The highest BCUT2D eigenvalue weighted by molar-refractivity contribution is 8.14. The Morgan fingerprint density at radius 1 is 1.09 bits per heavy atom. The van der Waals surface area contributed by atoms with Gasteiger partial charge in [0.05, 0.1) is 12.8 Å². The minimum Gasteiger partial charge on any atom is -0.497 e. The molecular weight excluding hydrogens is 581 g/mol. The summed E-state index contributed by atoms with van der Waals surface area (Å²) in [5.41, 5.74) is 4.36. The number of rotatable bonds is 8. The molecule has 13 heteroatoms. The van der Waals surface area contributed by atoms with E-state index in [1.54, 1.807) is 18.9 Å². The summed E-state index contributed by atoms with van der Waals surface area (Å²) in [4.78, 5) is 23.4. The minimum absolute atomic E-state index is 0.196. The van der Waals surface area contributed by atoms with Crippen LogP contribution in [0.1, 0.15) is 18.1 Å². The number of hydrogen-bond acceptors (Lipinski definition) is 6. The third-order valence-corrected chi connectivity index (χ3v) is 7.89. The highest BCUT2D eigenvalue weighted by atomic mass is 32.2. The lowest BCUT2D eigenvalue weighted by Gasteiger charge is -2.25. The lowest BCUT2D eigenvalue weighted by atomic mass is 10.1. The van der Waals surface area contributed by atoms with Crippen LogP contribution in [0.2, 0.25) is 0 Å². The number of aryl methyl sites for hydroxylation is 1. The van der Waals surface area contributed by atoms with E-state index in [2.05, 4.69) is 37.0 Å². The van der Waals surface area contributed by atoms with Gasteiger partial charge in [-0.1, -0.05) is 36.0 Å². The van der Waals surface area contributed by atoms with Gasteiger partial charge in [0.1, 0.15) is 17.8 Å². The van der Waals surface area contributed by atoms with Crippen molar-refractivity contribution in [1.29, 1.82) is 0 Å². The molecule has 0 saturated carbocycles. The van der Waals surface area contributed by atoms with Crippen molar-refractivity contribution < 1.29 is 27.4 Å². The number of benzene rings is 3. The van der Waals surface area contributed by atoms with Crippen molar-refractivity contribution in [2.24, 2.45) is 4.99 Å². The number of hydrogen-bond donors (Lipinski definition) is 1. The number of thioether (sulfide) groups is 1. The summed E-state index contributed by atoms with van der Waals surface area (Å²) >= 11 is 1.56. The highest BCUT2D eigenvalue weighted by Crippen LogP contribution is 2.34. The maximum atomic E-state index is 12.7. The molecule has 3 aromatic carbocycles. The maximum absolute atomic E-state index is 12.7. The van der Waals surface area contributed by atoms with Crippen molar-refractivity contribution in [3.05, 3.63) is 84.2 Å². The lowest BCUT2D eigenvalue weighted by molar-refractivity contribution is -0.274. The Kier molecular flexibility index (Phi) is 8.90. The number of amidine groups is 1. The second-order valence-corrected chi connectivity index (χ2v) is 10.8. The Morgan fingerprint density at radius 2 is 1.81 bits per heavy atom. The molecular formula is C30H29F3N6O3S. The third-order valence-electron chi connectivity index (χ3n) is 6.69. The predicted octanol–water partition coefficient (Wildman–Crippen LogP) is 6.40. The van der Waals surface area contributed by atoms with E-state index in [0.29, 0.717) is 29.6 Å². The van der Waals surface area contributed by atoms with Crippen LogP contribution in [0.4, 0.5) is 23.7 Å². The summed E-state index contributed by atoms with van der Waals surface area (Å²) in [5.74, 6) is 1.77. The zero-order valence-electron chi connectivity index (χ0n) is 23.6. The van der Waals surface area contributed by atoms with Gasteiger partial charge in [0.2, 0.25) is 0 Å². The number of urea groups is 1. The van der Waals surface area contributed by atoms with Gasteiger partial charge in [-0.05, 0) is 73.9 Å². The molecule has 43 heavy (non-hydrogen) atoms. The van der Waals surface area contributed by atoms with Gasteiger partial charge in [0.25, 0.3) is 0 Å². The van der Waals surface area contributed by atoms with Crippen LogP contribution in [0.15, 0.2) is 78.0 Å². The number of anilines is 1. The zero-order chi connectivity index (χ0) is 30.6. The standard InChI is InChI=1S/C30H29F3N6O3S/c1-19-16-25(41-3)12-13-26(19)39-20(2)17-43-29(39)36-28(40)34-15-14-21-4-6-22(7-5-21)27-35-18-38(37-27)23-8-10-24(11-9-23)42-30(31,32)33/h4-13,16,18,20H,14-15,17H2,1-3H3,(H,34,40)/b36-29-. The molecule has 2 amide bonds. The molecule has 0 spiro atoms. The SMILES string of the molecule is COc1ccc(N2/C(=N/C(=O)NCCc3ccc(-c4ncn(-c5ccc(OC(F)(F)F)cc5)n4)cc3)SCC2C)c(C)c1. The van der Waals surface area contributed by atoms with Gasteiger partial charge in [0, 0.05) is 29.6 Å². The van der Waals surface area contributed by atoms with Crippen LogP contribution in [0.3, 0.4) is 0 Å². The second kappa shape index (κ2) is 12.8. The zero-order valence-corrected chi connectivity index (χ0v) is 24.4. The first kappa shape index (κ1) is 30.0. The van der Waals surface area contributed by atoms with Crippen LogP contribution >= 0.6 is 11.8 Å². The third kappa shape index (κ3) is 7.47. The molecule has 1 aliphatic rings. The summed E-state index contributed by atoms with van der Waals surface area (Å²) < 4.78 is 47.9. The molecule has 1 fully saturated rings. The molecule has 1 aromatic heterocycles. The molecule has 1 unspecified atom stereocenters. The van der Waals surface area contributed by atoms with E-state index in [9.17, 15) is 18.0 Å². The molecule has 9 nitrogen and oxygen atoms in total. The fourth-order valence-corrected chi connectivity index (χ4v) is 5.66. The van der Waals surface area contributed by atoms with Crippen molar-refractivity contribution in [2.45, 2.75) is 32.7 Å². The van der Waals surface area contributed by atoms with Crippen molar-refractivity contribution in [1.82, 2.24) is 20.1 Å². The first-order chi connectivity index (χ1) is 20.6. The van der Waals surface area contributed by atoms with E-state index in [1.165, 1.54) is 35.3 Å². The largest absolute Gasteiger partial charge is 0.573 e. The molecule has 0 bridgehead atoms. The van der Waals surface area contributed by atoms with E-state index >= 15 is 0 Å². The van der Waals surface area contributed by atoms with Gasteiger partial charge >= 0.3 is 12.4 Å². The number of amides is 2. The lowest BCUT2D eigenvalue weighted by Crippen LogP contribution is -2.33. The van der Waals surface area contributed by atoms with Crippen molar-refractivity contribution in [3.63, 3.8) is 0 Å². The first-order valence-electron chi connectivity index (χ1n) is 13.4. The van der Waals surface area contributed by atoms with Crippen molar-refractivity contribution in [2.75, 3.05) is 24.3 Å². The van der Waals surface area contributed by atoms with E-state index in [4.69, 9.17) is 4.74 Å². The van der Waals surface area contributed by atoms with Crippen LogP contribution in [0.5, 0.6) is 11.5 Å². The van der Waals surface area contributed by atoms with Gasteiger partial charge in [0.15, 0.2) is 11.0 Å². The number of methoxy groups -OCH3 is 1. The number of aliphatic imine (C=N–C) groups is 1. The van der Waals surface area contributed by atoms with Crippen LogP contribution in [0, 0.1) is 6.92 Å². The average molecular weight is 611 g/mol. The van der Waals surface area contributed by atoms with E-state index < -0.39 is 12.4 Å². The normalized spacial score (nSPS) is 16.0. The molecule has 0 radical (unpaired) electrons. The van der Waals surface area contributed by atoms with Crippen LogP contribution in [-0.2, 0) is 6.42 Å². The quantitative estimate of drug-likeness (QED) is 0.247. The number of halogens is 3. The van der Waals surface area contributed by atoms with Gasteiger partial charge in [-0.3, -0.25) is 0 Å². The number of carbonyl (C=O) groups excluding carboxylic acids is 1. The molecule has 5 rings (SSSR count). The van der Waals surface area contributed by atoms with Gasteiger partial charge in [-0.15, -0.1) is 18.3 Å². The predicted molar refractivity (Wildman–Crippen MR) is 160 cm³/mol. The first-order valence-corrected chi connectivity index (χ1v) is 14.4. The Bertz CT molecular complexity index is 1610. The van der Waals surface area contributed by atoms with Gasteiger partial charge in [-0.25, -0.2) is 14.5 Å². The Morgan fingerprint density at radius 3 is 2.49 bits per heavy atom. The molecule has 2 heterocycles. The van der Waals surface area contributed by atoms with Gasteiger partial charge in [-0.2, -0.15) is 4.99 Å². The topological polar surface area (TPSA) is 93.9 Å².